The zero-order valence-electron chi connectivity index (χ0n) is 16.8. The zero-order valence-corrected chi connectivity index (χ0v) is 18.4. The Bertz CT molecular complexity index is 1070. The van der Waals surface area contributed by atoms with Crippen molar-refractivity contribution in [2.24, 2.45) is 0 Å². The van der Waals surface area contributed by atoms with Crippen LogP contribution in [0.25, 0.3) is 0 Å². The summed E-state index contributed by atoms with van der Waals surface area (Å²) in [5.74, 6) is 0. The molecule has 0 bridgehead atoms. The highest BCUT2D eigenvalue weighted by molar-refractivity contribution is 7.89. The number of nitro benzene ring substituents is 1. The van der Waals surface area contributed by atoms with Crippen LogP contribution >= 0.6 is 11.6 Å². The molecule has 11 heteroatoms. The van der Waals surface area contributed by atoms with E-state index in [4.69, 9.17) is 16.3 Å². The quantitative estimate of drug-likeness (QED) is 0.493. The zero-order chi connectivity index (χ0) is 22.0. The molecule has 0 unspecified atom stereocenters. The first-order chi connectivity index (χ1) is 14.9. The van der Waals surface area contributed by atoms with Crippen LogP contribution in [-0.4, -0.2) is 70.1 Å². The van der Waals surface area contributed by atoms with E-state index in [0.717, 1.165) is 5.69 Å². The lowest BCUT2D eigenvalue weighted by Crippen LogP contribution is -2.46. The molecule has 2 aliphatic rings. The minimum atomic E-state index is -3.80. The third-order valence-electron chi connectivity index (χ3n) is 5.55. The number of rotatable bonds is 5. The van der Waals surface area contributed by atoms with Crippen molar-refractivity contribution in [3.63, 3.8) is 0 Å². The third kappa shape index (κ3) is 4.62. The predicted molar refractivity (Wildman–Crippen MR) is 119 cm³/mol. The lowest BCUT2D eigenvalue weighted by Gasteiger charge is -2.37. The van der Waals surface area contributed by atoms with Crippen molar-refractivity contribution in [3.05, 3.63) is 57.6 Å². The number of nitro groups is 1. The van der Waals surface area contributed by atoms with Crippen molar-refractivity contribution < 1.29 is 18.1 Å². The third-order valence-corrected chi connectivity index (χ3v) is 7.67. The summed E-state index contributed by atoms with van der Waals surface area (Å²) in [6, 6.07) is 11.8. The first-order valence-corrected chi connectivity index (χ1v) is 11.8. The molecular formula is C20H23ClN4O5S. The number of morpholine rings is 1. The van der Waals surface area contributed by atoms with Gasteiger partial charge in [0.25, 0.3) is 5.69 Å². The van der Waals surface area contributed by atoms with Crippen molar-refractivity contribution in [1.82, 2.24) is 4.31 Å². The van der Waals surface area contributed by atoms with Crippen LogP contribution < -0.4 is 9.80 Å². The van der Waals surface area contributed by atoms with E-state index in [2.05, 4.69) is 4.90 Å². The van der Waals surface area contributed by atoms with E-state index in [0.29, 0.717) is 50.1 Å². The Morgan fingerprint density at radius 3 is 2.26 bits per heavy atom. The SMILES string of the molecule is O=[N+]([O-])c1cc(S(=O)(=O)N2CCOCC2)ccc1N1CCN(c2cccc(Cl)c2)CC1. The molecule has 0 radical (unpaired) electrons. The van der Waals surface area contributed by atoms with Gasteiger partial charge in [0.15, 0.2) is 0 Å². The summed E-state index contributed by atoms with van der Waals surface area (Å²) in [5, 5.41) is 12.4. The van der Waals surface area contributed by atoms with Crippen LogP contribution in [0, 0.1) is 10.1 Å². The number of sulfonamides is 1. The minimum Gasteiger partial charge on any atom is -0.379 e. The van der Waals surface area contributed by atoms with Crippen LogP contribution in [0.1, 0.15) is 0 Å². The Morgan fingerprint density at radius 2 is 1.61 bits per heavy atom. The number of benzene rings is 2. The maximum atomic E-state index is 12.9. The Kier molecular flexibility index (Phi) is 6.33. The minimum absolute atomic E-state index is 0.0672. The summed E-state index contributed by atoms with van der Waals surface area (Å²) in [6.45, 7) is 3.60. The summed E-state index contributed by atoms with van der Waals surface area (Å²) in [4.78, 5) is 15.3. The van der Waals surface area contributed by atoms with Crippen LogP contribution in [0.15, 0.2) is 47.4 Å². The predicted octanol–water partition coefficient (Wildman–Crippen LogP) is 2.60. The molecule has 0 saturated carbocycles. The molecule has 2 aliphatic heterocycles. The highest BCUT2D eigenvalue weighted by Gasteiger charge is 2.30. The molecule has 0 spiro atoms. The van der Waals surface area contributed by atoms with Crippen LogP contribution in [0.5, 0.6) is 0 Å². The fourth-order valence-electron chi connectivity index (χ4n) is 3.89. The lowest BCUT2D eigenvalue weighted by atomic mass is 10.2. The molecule has 4 rings (SSSR count). The van der Waals surface area contributed by atoms with E-state index in [9.17, 15) is 18.5 Å². The normalized spacial score (nSPS) is 18.2. The van der Waals surface area contributed by atoms with Crippen LogP contribution in [-0.2, 0) is 14.8 Å². The van der Waals surface area contributed by atoms with Gasteiger partial charge in [-0.05, 0) is 30.3 Å². The standard InChI is InChI=1S/C20H23ClN4O5S/c21-16-2-1-3-17(14-16)22-6-8-23(9-7-22)19-5-4-18(15-20(19)25(26)27)31(28,29)24-10-12-30-13-11-24/h1-5,14-15H,6-13H2. The van der Waals surface area contributed by atoms with E-state index in [1.165, 1.54) is 16.4 Å². The van der Waals surface area contributed by atoms with Gasteiger partial charge in [0, 0.05) is 56.0 Å². The summed E-state index contributed by atoms with van der Waals surface area (Å²) in [5.41, 5.74) is 1.23. The highest BCUT2D eigenvalue weighted by Crippen LogP contribution is 2.33. The van der Waals surface area contributed by atoms with E-state index >= 15 is 0 Å². The van der Waals surface area contributed by atoms with E-state index in [1.807, 2.05) is 29.2 Å². The molecule has 0 N–H and O–H groups in total. The van der Waals surface area contributed by atoms with Crippen LogP contribution in [0.4, 0.5) is 17.1 Å². The molecule has 0 amide bonds. The fraction of sp³-hybridized carbons (Fsp3) is 0.400. The maximum Gasteiger partial charge on any atom is 0.293 e. The second kappa shape index (κ2) is 8.99. The molecule has 0 aliphatic carbocycles. The highest BCUT2D eigenvalue weighted by atomic mass is 35.5. The topological polar surface area (TPSA) is 96.2 Å². The van der Waals surface area contributed by atoms with Gasteiger partial charge >= 0.3 is 0 Å². The number of hydrogen-bond acceptors (Lipinski definition) is 7. The monoisotopic (exact) mass is 466 g/mol. The van der Waals surface area contributed by atoms with Gasteiger partial charge in [-0.3, -0.25) is 10.1 Å². The van der Waals surface area contributed by atoms with Gasteiger partial charge in [0.05, 0.1) is 23.0 Å². The molecule has 0 aromatic heterocycles. The largest absolute Gasteiger partial charge is 0.379 e. The van der Waals surface area contributed by atoms with Gasteiger partial charge in [0.2, 0.25) is 10.0 Å². The Labute approximate surface area is 186 Å². The summed E-state index contributed by atoms with van der Waals surface area (Å²) < 4.78 is 32.3. The van der Waals surface area contributed by atoms with E-state index in [-0.39, 0.29) is 23.7 Å². The fourth-order valence-corrected chi connectivity index (χ4v) is 5.50. The molecular weight excluding hydrogens is 444 g/mol. The first-order valence-electron chi connectivity index (χ1n) is 9.98. The van der Waals surface area contributed by atoms with Gasteiger partial charge in [-0.15, -0.1) is 0 Å². The summed E-state index contributed by atoms with van der Waals surface area (Å²) in [6.07, 6.45) is 0. The number of nitrogens with zero attached hydrogens (tertiary/aromatic N) is 4. The van der Waals surface area contributed by atoms with E-state index in [1.54, 1.807) is 6.07 Å². The Hall–Kier alpha value is -2.40. The van der Waals surface area contributed by atoms with Crippen molar-refractivity contribution in [2.45, 2.75) is 4.90 Å². The second-order valence-electron chi connectivity index (χ2n) is 7.38. The van der Waals surface area contributed by atoms with E-state index < -0.39 is 14.9 Å². The molecule has 166 valence electrons. The Balaban J connectivity index is 1.54. The first kappa shape index (κ1) is 21.8. The molecule has 2 saturated heterocycles. The summed E-state index contributed by atoms with van der Waals surface area (Å²) >= 11 is 6.08. The van der Waals surface area contributed by atoms with Gasteiger partial charge in [-0.2, -0.15) is 4.31 Å². The molecule has 2 fully saturated rings. The number of halogens is 1. The number of ether oxygens (including phenoxy) is 1. The average Bonchev–Trinajstić information content (AvgIpc) is 2.79. The van der Waals surface area contributed by atoms with Gasteiger partial charge in [-0.25, -0.2) is 8.42 Å². The van der Waals surface area contributed by atoms with Crippen LogP contribution in [0.3, 0.4) is 0 Å². The average molecular weight is 467 g/mol. The van der Waals surface area contributed by atoms with Crippen molar-refractivity contribution in [1.29, 1.82) is 0 Å². The Morgan fingerprint density at radius 1 is 0.935 bits per heavy atom. The van der Waals surface area contributed by atoms with Gasteiger partial charge in [-0.1, -0.05) is 17.7 Å². The number of piperazine rings is 1. The molecule has 2 aromatic rings. The molecule has 31 heavy (non-hydrogen) atoms. The number of anilines is 2. The van der Waals surface area contributed by atoms with Crippen molar-refractivity contribution in [3.8, 4) is 0 Å². The molecule has 2 aromatic carbocycles. The van der Waals surface area contributed by atoms with Crippen molar-refractivity contribution >= 4 is 38.7 Å². The molecule has 0 atom stereocenters. The molecule has 2 heterocycles. The molecule has 9 nitrogen and oxygen atoms in total. The summed E-state index contributed by atoms with van der Waals surface area (Å²) in [7, 11) is -3.80. The van der Waals surface area contributed by atoms with Gasteiger partial charge < -0.3 is 14.5 Å². The number of hydrogen-bond donors (Lipinski definition) is 0. The maximum absolute atomic E-state index is 12.9. The van der Waals surface area contributed by atoms with Crippen LogP contribution in [0.2, 0.25) is 5.02 Å². The second-order valence-corrected chi connectivity index (χ2v) is 9.75. The lowest BCUT2D eigenvalue weighted by molar-refractivity contribution is -0.384. The van der Waals surface area contributed by atoms with Crippen molar-refractivity contribution in [2.75, 3.05) is 62.3 Å². The smallest absolute Gasteiger partial charge is 0.293 e. The van der Waals surface area contributed by atoms with Gasteiger partial charge in [0.1, 0.15) is 5.69 Å².